The molecule has 0 spiro atoms. The molecule has 1 aromatic heterocycles. The SMILES string of the molecule is CCCNC(Cc1nnc(C)c2ccccc12)C(C)(C)C. The van der Waals surface area contributed by atoms with Crippen LogP contribution in [-0.4, -0.2) is 22.8 Å². The van der Waals surface area contributed by atoms with Crippen LogP contribution in [0.25, 0.3) is 10.8 Å². The molecule has 1 atom stereocenters. The summed E-state index contributed by atoms with van der Waals surface area (Å²) in [6.07, 6.45) is 2.06. The highest BCUT2D eigenvalue weighted by molar-refractivity contribution is 5.86. The highest BCUT2D eigenvalue weighted by Gasteiger charge is 2.25. The van der Waals surface area contributed by atoms with Crippen LogP contribution >= 0.6 is 0 Å². The molecule has 0 fully saturated rings. The third-order valence-corrected chi connectivity index (χ3v) is 4.03. The van der Waals surface area contributed by atoms with Gasteiger partial charge in [-0.3, -0.25) is 0 Å². The van der Waals surface area contributed by atoms with Gasteiger partial charge in [0.1, 0.15) is 0 Å². The second kappa shape index (κ2) is 6.52. The Bertz CT molecular complexity index is 599. The molecule has 0 saturated carbocycles. The van der Waals surface area contributed by atoms with Crippen LogP contribution in [0.2, 0.25) is 0 Å². The smallest absolute Gasteiger partial charge is 0.0725 e. The highest BCUT2D eigenvalue weighted by Crippen LogP contribution is 2.25. The fraction of sp³-hybridized carbons (Fsp3) is 0.556. The molecule has 3 nitrogen and oxygen atoms in total. The van der Waals surface area contributed by atoms with E-state index >= 15 is 0 Å². The molecule has 0 aliphatic rings. The molecule has 3 heteroatoms. The van der Waals surface area contributed by atoms with E-state index in [9.17, 15) is 0 Å². The molecule has 1 N–H and O–H groups in total. The second-order valence-corrected chi connectivity index (χ2v) is 6.85. The summed E-state index contributed by atoms with van der Waals surface area (Å²) in [7, 11) is 0. The number of aryl methyl sites for hydroxylation is 1. The number of hydrogen-bond donors (Lipinski definition) is 1. The molecule has 21 heavy (non-hydrogen) atoms. The number of nitrogens with zero attached hydrogens (tertiary/aromatic N) is 2. The fourth-order valence-corrected chi connectivity index (χ4v) is 2.64. The van der Waals surface area contributed by atoms with Gasteiger partial charge in [0.25, 0.3) is 0 Å². The molecule has 114 valence electrons. The Morgan fingerprint density at radius 2 is 1.76 bits per heavy atom. The van der Waals surface area contributed by atoms with E-state index in [2.05, 4.69) is 67.5 Å². The Morgan fingerprint density at radius 3 is 2.38 bits per heavy atom. The number of hydrogen-bond acceptors (Lipinski definition) is 3. The van der Waals surface area contributed by atoms with E-state index in [4.69, 9.17) is 0 Å². The quantitative estimate of drug-likeness (QED) is 0.905. The molecule has 0 aliphatic heterocycles. The maximum Gasteiger partial charge on any atom is 0.0725 e. The molecular formula is C18H27N3. The van der Waals surface area contributed by atoms with Crippen LogP contribution < -0.4 is 5.32 Å². The fourth-order valence-electron chi connectivity index (χ4n) is 2.64. The standard InChI is InChI=1S/C18H27N3/c1-6-11-19-17(18(3,4)5)12-16-15-10-8-7-9-14(15)13(2)20-21-16/h7-10,17,19H,6,11-12H2,1-5H3. The third kappa shape index (κ3) is 3.79. The van der Waals surface area contributed by atoms with Gasteiger partial charge in [-0.25, -0.2) is 0 Å². The lowest BCUT2D eigenvalue weighted by molar-refractivity contribution is 0.265. The summed E-state index contributed by atoms with van der Waals surface area (Å²) < 4.78 is 0. The summed E-state index contributed by atoms with van der Waals surface area (Å²) in [5.41, 5.74) is 2.30. The first-order valence-electron chi connectivity index (χ1n) is 7.87. The summed E-state index contributed by atoms with van der Waals surface area (Å²) in [5.74, 6) is 0. The lowest BCUT2D eigenvalue weighted by atomic mass is 9.83. The van der Waals surface area contributed by atoms with Gasteiger partial charge in [0.2, 0.25) is 0 Å². The molecule has 2 rings (SSSR count). The average molecular weight is 285 g/mol. The van der Waals surface area contributed by atoms with Crippen LogP contribution in [0.15, 0.2) is 24.3 Å². The van der Waals surface area contributed by atoms with Gasteiger partial charge in [-0.05, 0) is 25.3 Å². The minimum absolute atomic E-state index is 0.197. The maximum absolute atomic E-state index is 4.48. The van der Waals surface area contributed by atoms with Crippen LogP contribution in [0.1, 0.15) is 45.5 Å². The van der Waals surface area contributed by atoms with Crippen LogP contribution in [0.4, 0.5) is 0 Å². The van der Waals surface area contributed by atoms with Gasteiger partial charge in [-0.15, -0.1) is 0 Å². The molecule has 0 aliphatic carbocycles. The molecule has 0 radical (unpaired) electrons. The van der Waals surface area contributed by atoms with Crippen molar-refractivity contribution >= 4 is 10.8 Å². The van der Waals surface area contributed by atoms with E-state index < -0.39 is 0 Å². The molecule has 1 aromatic carbocycles. The molecule has 2 aromatic rings. The van der Waals surface area contributed by atoms with Crippen molar-refractivity contribution in [3.63, 3.8) is 0 Å². The number of fused-ring (bicyclic) bond motifs is 1. The normalized spacial score (nSPS) is 13.6. The van der Waals surface area contributed by atoms with E-state index in [-0.39, 0.29) is 5.41 Å². The van der Waals surface area contributed by atoms with Crippen LogP contribution in [0, 0.1) is 12.3 Å². The Kier molecular flexibility index (Phi) is 4.94. The first kappa shape index (κ1) is 15.9. The van der Waals surface area contributed by atoms with E-state index in [0.717, 1.165) is 30.8 Å². The summed E-state index contributed by atoms with van der Waals surface area (Å²) in [6, 6.07) is 8.84. The monoisotopic (exact) mass is 285 g/mol. The van der Waals surface area contributed by atoms with Gasteiger partial charge >= 0.3 is 0 Å². The average Bonchev–Trinajstić information content (AvgIpc) is 2.44. The van der Waals surface area contributed by atoms with E-state index in [0.29, 0.717) is 6.04 Å². The first-order chi connectivity index (χ1) is 9.93. The van der Waals surface area contributed by atoms with Crippen molar-refractivity contribution in [2.75, 3.05) is 6.54 Å². The van der Waals surface area contributed by atoms with Gasteiger partial charge in [-0.2, -0.15) is 10.2 Å². The topological polar surface area (TPSA) is 37.8 Å². The minimum atomic E-state index is 0.197. The zero-order valence-electron chi connectivity index (χ0n) is 13.9. The van der Waals surface area contributed by atoms with Crippen molar-refractivity contribution < 1.29 is 0 Å². The predicted molar refractivity (Wildman–Crippen MR) is 89.5 cm³/mol. The van der Waals surface area contributed by atoms with E-state index in [1.54, 1.807) is 0 Å². The number of benzene rings is 1. The van der Waals surface area contributed by atoms with Gasteiger partial charge < -0.3 is 5.32 Å². The van der Waals surface area contributed by atoms with Crippen LogP contribution in [0.5, 0.6) is 0 Å². The van der Waals surface area contributed by atoms with Crippen LogP contribution in [0.3, 0.4) is 0 Å². The number of rotatable bonds is 5. The van der Waals surface area contributed by atoms with Crippen molar-refractivity contribution in [1.82, 2.24) is 15.5 Å². The van der Waals surface area contributed by atoms with E-state index in [1.165, 1.54) is 10.8 Å². The van der Waals surface area contributed by atoms with Crippen molar-refractivity contribution in [2.45, 2.75) is 53.5 Å². The van der Waals surface area contributed by atoms with Crippen molar-refractivity contribution in [2.24, 2.45) is 5.41 Å². The van der Waals surface area contributed by atoms with E-state index in [1.807, 2.05) is 6.92 Å². The Morgan fingerprint density at radius 1 is 1.10 bits per heavy atom. The third-order valence-electron chi connectivity index (χ3n) is 4.03. The molecule has 0 saturated heterocycles. The minimum Gasteiger partial charge on any atom is -0.313 e. The zero-order valence-corrected chi connectivity index (χ0v) is 13.9. The first-order valence-corrected chi connectivity index (χ1v) is 7.87. The van der Waals surface area contributed by atoms with Crippen molar-refractivity contribution in [3.8, 4) is 0 Å². The van der Waals surface area contributed by atoms with Crippen molar-refractivity contribution in [1.29, 1.82) is 0 Å². The van der Waals surface area contributed by atoms with Crippen molar-refractivity contribution in [3.05, 3.63) is 35.7 Å². The molecular weight excluding hydrogens is 258 g/mol. The van der Waals surface area contributed by atoms with Gasteiger partial charge in [0, 0.05) is 23.2 Å². The number of nitrogens with one attached hydrogen (secondary N) is 1. The Hall–Kier alpha value is -1.48. The zero-order chi connectivity index (χ0) is 15.5. The molecule has 1 heterocycles. The Labute approximate surface area is 128 Å². The van der Waals surface area contributed by atoms with Crippen LogP contribution in [-0.2, 0) is 6.42 Å². The lowest BCUT2D eigenvalue weighted by Crippen LogP contribution is -2.42. The van der Waals surface area contributed by atoms with Gasteiger partial charge in [-0.1, -0.05) is 52.0 Å². The number of aromatic nitrogens is 2. The molecule has 1 unspecified atom stereocenters. The summed E-state index contributed by atoms with van der Waals surface area (Å²) in [5, 5.41) is 14.9. The van der Waals surface area contributed by atoms with Gasteiger partial charge in [0.05, 0.1) is 11.4 Å². The largest absolute Gasteiger partial charge is 0.313 e. The van der Waals surface area contributed by atoms with Gasteiger partial charge in [0.15, 0.2) is 0 Å². The summed E-state index contributed by atoms with van der Waals surface area (Å²) >= 11 is 0. The highest BCUT2D eigenvalue weighted by atomic mass is 15.1. The predicted octanol–water partition coefficient (Wildman–Crippen LogP) is 3.90. The lowest BCUT2D eigenvalue weighted by Gasteiger charge is -2.31. The second-order valence-electron chi connectivity index (χ2n) is 6.85. The summed E-state index contributed by atoms with van der Waals surface area (Å²) in [4.78, 5) is 0. The molecule has 0 bridgehead atoms. The summed E-state index contributed by atoms with van der Waals surface area (Å²) in [6.45, 7) is 12.1. The molecule has 0 amide bonds. The Balaban J connectivity index is 2.35. The maximum atomic E-state index is 4.48.